The van der Waals surface area contributed by atoms with Gasteiger partial charge in [-0.3, -0.25) is 4.79 Å². The first-order valence-corrected chi connectivity index (χ1v) is 13.2. The standard InChI is InChI=1S/C26H34N6O2S/c1-4-28-21-13-32(12-17(21)14-34-3)22-10-6-16-11-18(7-9-20(16)31-22)30-25(33)24-23(27)19-8-5-15(2)29-26(19)35-24/h5-6,8,10,17-18,21,28H,4,7,9,11-14,27H2,1-3H3,(H,30,33)/t17-,18-,21+/m0/s1. The Balaban J connectivity index is 1.25. The van der Waals surface area contributed by atoms with Gasteiger partial charge < -0.3 is 26.0 Å². The van der Waals surface area contributed by atoms with E-state index in [0.717, 1.165) is 72.9 Å². The van der Waals surface area contributed by atoms with Crippen molar-refractivity contribution in [2.24, 2.45) is 5.92 Å². The number of carbonyl (C=O) groups excluding carboxylic acids is 1. The molecule has 5 rings (SSSR count). The third-order valence-electron chi connectivity index (χ3n) is 7.14. The molecule has 0 unspecified atom stereocenters. The predicted molar refractivity (Wildman–Crippen MR) is 141 cm³/mol. The maximum absolute atomic E-state index is 13.0. The number of pyridine rings is 2. The second-order valence-corrected chi connectivity index (χ2v) is 10.6. The van der Waals surface area contributed by atoms with E-state index in [2.05, 4.69) is 39.6 Å². The minimum atomic E-state index is -0.114. The molecule has 0 saturated carbocycles. The van der Waals surface area contributed by atoms with Gasteiger partial charge in [-0.2, -0.15) is 0 Å². The van der Waals surface area contributed by atoms with Gasteiger partial charge >= 0.3 is 0 Å². The van der Waals surface area contributed by atoms with Crippen LogP contribution < -0.4 is 21.3 Å². The largest absolute Gasteiger partial charge is 0.397 e. The molecule has 186 valence electrons. The Labute approximate surface area is 210 Å². The molecule has 35 heavy (non-hydrogen) atoms. The van der Waals surface area contributed by atoms with Crippen LogP contribution in [0.25, 0.3) is 10.2 Å². The highest BCUT2D eigenvalue weighted by Crippen LogP contribution is 2.33. The molecule has 1 aliphatic heterocycles. The lowest BCUT2D eigenvalue weighted by molar-refractivity contribution is 0.0938. The topological polar surface area (TPSA) is 105 Å². The summed E-state index contributed by atoms with van der Waals surface area (Å²) in [5, 5.41) is 7.65. The van der Waals surface area contributed by atoms with Crippen LogP contribution in [0.4, 0.5) is 11.5 Å². The van der Waals surface area contributed by atoms with E-state index >= 15 is 0 Å². The fourth-order valence-corrected chi connectivity index (χ4v) is 6.39. The summed E-state index contributed by atoms with van der Waals surface area (Å²) in [6.07, 6.45) is 2.50. The number of rotatable bonds is 7. The zero-order valence-corrected chi connectivity index (χ0v) is 21.5. The predicted octanol–water partition coefficient (Wildman–Crippen LogP) is 2.93. The quantitative estimate of drug-likeness (QED) is 0.464. The SMILES string of the molecule is CCN[C@@H]1CN(c2ccc3c(n2)CC[C@H](NC(=O)c2sc4nc(C)ccc4c2N)C3)C[C@H]1COC. The van der Waals surface area contributed by atoms with Crippen molar-refractivity contribution in [3.8, 4) is 0 Å². The van der Waals surface area contributed by atoms with Gasteiger partial charge in [-0.1, -0.05) is 13.0 Å². The Kier molecular flexibility index (Phi) is 6.91. The number of likely N-dealkylation sites (N-methyl/N-ethyl adjacent to an activating group) is 1. The van der Waals surface area contributed by atoms with Crippen molar-refractivity contribution in [2.45, 2.75) is 45.2 Å². The summed E-state index contributed by atoms with van der Waals surface area (Å²) in [5.74, 6) is 1.38. The molecule has 3 aromatic rings. The molecular formula is C26H34N6O2S. The van der Waals surface area contributed by atoms with Crippen molar-refractivity contribution in [1.82, 2.24) is 20.6 Å². The minimum absolute atomic E-state index is 0.0676. The molecule has 4 N–H and O–H groups in total. The maximum atomic E-state index is 13.0. The Hall–Kier alpha value is -2.75. The van der Waals surface area contributed by atoms with Gasteiger partial charge in [0.2, 0.25) is 0 Å². The molecule has 4 heterocycles. The molecule has 1 fully saturated rings. The monoisotopic (exact) mass is 494 g/mol. The number of methoxy groups -OCH3 is 1. The highest BCUT2D eigenvalue weighted by atomic mass is 32.1. The lowest BCUT2D eigenvalue weighted by Crippen LogP contribution is -2.39. The Morgan fingerprint density at radius 2 is 2.11 bits per heavy atom. The van der Waals surface area contributed by atoms with Gasteiger partial charge in [-0.15, -0.1) is 11.3 Å². The number of aryl methyl sites for hydroxylation is 2. The smallest absolute Gasteiger partial charge is 0.263 e. The number of aromatic nitrogens is 2. The maximum Gasteiger partial charge on any atom is 0.263 e. The van der Waals surface area contributed by atoms with Crippen LogP contribution in [0.2, 0.25) is 0 Å². The number of nitrogens with two attached hydrogens (primary N) is 1. The molecule has 0 radical (unpaired) electrons. The van der Waals surface area contributed by atoms with Crippen LogP contribution in [0.3, 0.4) is 0 Å². The van der Waals surface area contributed by atoms with Gasteiger partial charge in [-0.25, -0.2) is 9.97 Å². The average molecular weight is 495 g/mol. The van der Waals surface area contributed by atoms with Gasteiger partial charge in [0.25, 0.3) is 5.91 Å². The van der Waals surface area contributed by atoms with E-state index in [9.17, 15) is 4.79 Å². The fourth-order valence-electron chi connectivity index (χ4n) is 5.34. The van der Waals surface area contributed by atoms with Crippen LogP contribution in [0.5, 0.6) is 0 Å². The summed E-state index contributed by atoms with van der Waals surface area (Å²) in [7, 11) is 1.77. The number of anilines is 2. The molecule has 3 aromatic heterocycles. The van der Waals surface area contributed by atoms with Crippen molar-refractivity contribution in [2.75, 3.05) is 44.0 Å². The van der Waals surface area contributed by atoms with E-state index in [1.54, 1.807) is 7.11 Å². The van der Waals surface area contributed by atoms with Gasteiger partial charge in [-0.05, 0) is 56.5 Å². The molecule has 1 aliphatic carbocycles. The summed E-state index contributed by atoms with van der Waals surface area (Å²) in [5.41, 5.74) is 10.1. The van der Waals surface area contributed by atoms with E-state index in [1.165, 1.54) is 16.9 Å². The third kappa shape index (κ3) is 4.85. The van der Waals surface area contributed by atoms with Crippen molar-refractivity contribution in [3.05, 3.63) is 46.1 Å². The van der Waals surface area contributed by atoms with Gasteiger partial charge in [0, 0.05) is 55.0 Å². The molecule has 0 aromatic carbocycles. The highest BCUT2D eigenvalue weighted by molar-refractivity contribution is 7.21. The van der Waals surface area contributed by atoms with Crippen LogP contribution in [-0.2, 0) is 17.6 Å². The molecule has 1 amide bonds. The van der Waals surface area contributed by atoms with E-state index in [0.29, 0.717) is 22.5 Å². The zero-order valence-electron chi connectivity index (χ0n) is 20.6. The summed E-state index contributed by atoms with van der Waals surface area (Å²) in [6.45, 7) is 7.67. The van der Waals surface area contributed by atoms with Gasteiger partial charge in [0.05, 0.1) is 12.3 Å². The number of nitrogens with one attached hydrogen (secondary N) is 2. The molecule has 3 atom stereocenters. The Morgan fingerprint density at radius 1 is 1.26 bits per heavy atom. The minimum Gasteiger partial charge on any atom is -0.397 e. The van der Waals surface area contributed by atoms with Crippen molar-refractivity contribution in [1.29, 1.82) is 0 Å². The first-order chi connectivity index (χ1) is 17.0. The van der Waals surface area contributed by atoms with Gasteiger partial charge in [0.1, 0.15) is 15.5 Å². The summed E-state index contributed by atoms with van der Waals surface area (Å²) in [6, 6.07) is 8.66. The highest BCUT2D eigenvalue weighted by Gasteiger charge is 2.33. The number of nitrogen functional groups attached to an aromatic ring is 1. The number of amides is 1. The number of hydrogen-bond donors (Lipinski definition) is 3. The summed E-state index contributed by atoms with van der Waals surface area (Å²) < 4.78 is 5.45. The lowest BCUT2D eigenvalue weighted by atomic mass is 9.91. The third-order valence-corrected chi connectivity index (χ3v) is 8.25. The second-order valence-electron chi connectivity index (χ2n) is 9.62. The van der Waals surface area contributed by atoms with Crippen molar-refractivity contribution >= 4 is 39.0 Å². The molecule has 9 heteroatoms. The molecule has 0 bridgehead atoms. The van der Waals surface area contributed by atoms with Crippen LogP contribution in [-0.4, -0.2) is 61.3 Å². The van der Waals surface area contributed by atoms with Crippen LogP contribution >= 0.6 is 11.3 Å². The number of carbonyl (C=O) groups is 1. The second kappa shape index (κ2) is 10.1. The number of fused-ring (bicyclic) bond motifs is 2. The number of thiophene rings is 1. The van der Waals surface area contributed by atoms with Crippen molar-refractivity contribution in [3.63, 3.8) is 0 Å². The number of hydrogen-bond acceptors (Lipinski definition) is 8. The van der Waals surface area contributed by atoms with Crippen molar-refractivity contribution < 1.29 is 9.53 Å². The molecule has 8 nitrogen and oxygen atoms in total. The van der Waals surface area contributed by atoms with E-state index < -0.39 is 0 Å². The Bertz CT molecular complexity index is 1210. The van der Waals surface area contributed by atoms with E-state index in [-0.39, 0.29) is 11.9 Å². The number of nitrogens with zero attached hydrogens (tertiary/aromatic N) is 3. The lowest BCUT2D eigenvalue weighted by Gasteiger charge is -2.26. The van der Waals surface area contributed by atoms with Gasteiger partial charge in [0.15, 0.2) is 0 Å². The average Bonchev–Trinajstić information content (AvgIpc) is 3.39. The van der Waals surface area contributed by atoms with Crippen LogP contribution in [0.1, 0.15) is 40.0 Å². The Morgan fingerprint density at radius 3 is 2.91 bits per heavy atom. The summed E-state index contributed by atoms with van der Waals surface area (Å²) in [4.78, 5) is 26.3. The first-order valence-electron chi connectivity index (χ1n) is 12.4. The zero-order chi connectivity index (χ0) is 24.5. The molecular weight excluding hydrogens is 460 g/mol. The fraction of sp³-hybridized carbons (Fsp3) is 0.500. The van der Waals surface area contributed by atoms with E-state index in [4.69, 9.17) is 15.5 Å². The molecule has 1 saturated heterocycles. The first kappa shape index (κ1) is 24.0. The molecule has 2 aliphatic rings. The number of ether oxygens (including phenoxy) is 1. The molecule has 0 spiro atoms. The normalized spacial score (nSPS) is 21.9. The van der Waals surface area contributed by atoms with E-state index in [1.807, 2.05) is 19.1 Å². The van der Waals surface area contributed by atoms with Crippen LogP contribution in [0, 0.1) is 12.8 Å². The summed E-state index contributed by atoms with van der Waals surface area (Å²) >= 11 is 1.36. The van der Waals surface area contributed by atoms with Crippen LogP contribution in [0.15, 0.2) is 24.3 Å².